The Bertz CT molecular complexity index is 1510. The Balaban J connectivity index is 1.75. The molecule has 0 spiro atoms. The highest BCUT2D eigenvalue weighted by Crippen LogP contribution is 2.46. The van der Waals surface area contributed by atoms with Crippen LogP contribution in [0, 0.1) is 20.8 Å². The summed E-state index contributed by atoms with van der Waals surface area (Å²) in [6.07, 6.45) is 13.0. The predicted octanol–water partition coefficient (Wildman–Crippen LogP) is 9.77. The van der Waals surface area contributed by atoms with E-state index >= 15 is 0 Å². The highest BCUT2D eigenvalue weighted by atomic mass is 32.2. The highest BCUT2D eigenvalue weighted by molar-refractivity contribution is 7.93. The molecule has 0 saturated heterocycles. The number of hydrogen-bond acceptors (Lipinski definition) is 4. The lowest BCUT2D eigenvalue weighted by Gasteiger charge is -2.39. The molecule has 0 fully saturated rings. The number of amides is 1. The molecule has 1 N–H and O–H groups in total. The van der Waals surface area contributed by atoms with E-state index in [0.29, 0.717) is 21.9 Å². The maximum Gasteiger partial charge on any atom is 0.426 e. The van der Waals surface area contributed by atoms with Crippen molar-refractivity contribution in [1.29, 1.82) is 0 Å². The summed E-state index contributed by atoms with van der Waals surface area (Å²) in [6, 6.07) is 7.70. The molecule has 234 valence electrons. The maximum absolute atomic E-state index is 13.5. The van der Waals surface area contributed by atoms with Gasteiger partial charge in [-0.25, -0.2) is 13.2 Å². The van der Waals surface area contributed by atoms with E-state index in [9.17, 15) is 18.3 Å². The molecule has 1 unspecified atom stereocenters. The Morgan fingerprint density at radius 2 is 1.49 bits per heavy atom. The Morgan fingerprint density at radius 1 is 0.907 bits per heavy atom. The topological polar surface area (TPSA) is 83.9 Å². The van der Waals surface area contributed by atoms with E-state index in [4.69, 9.17) is 4.74 Å². The molecule has 43 heavy (non-hydrogen) atoms. The second-order valence-electron chi connectivity index (χ2n) is 12.4. The largest absolute Gasteiger partial charge is 0.487 e. The molecule has 3 rings (SSSR count). The van der Waals surface area contributed by atoms with Crippen molar-refractivity contribution in [2.75, 3.05) is 4.31 Å². The van der Waals surface area contributed by atoms with Gasteiger partial charge < -0.3 is 9.84 Å². The first-order valence-electron chi connectivity index (χ1n) is 15.3. The Kier molecular flexibility index (Phi) is 11.5. The van der Waals surface area contributed by atoms with Crippen molar-refractivity contribution < 1.29 is 23.1 Å². The third-order valence-electron chi connectivity index (χ3n) is 8.54. The van der Waals surface area contributed by atoms with Crippen LogP contribution in [0.3, 0.4) is 0 Å². The third-order valence-corrected chi connectivity index (χ3v) is 10.2. The van der Waals surface area contributed by atoms with E-state index in [1.165, 1.54) is 28.9 Å². The van der Waals surface area contributed by atoms with E-state index in [-0.39, 0.29) is 16.2 Å². The van der Waals surface area contributed by atoms with Crippen molar-refractivity contribution in [1.82, 2.24) is 0 Å². The van der Waals surface area contributed by atoms with Gasteiger partial charge in [0.1, 0.15) is 11.4 Å². The van der Waals surface area contributed by atoms with Gasteiger partial charge >= 0.3 is 6.09 Å². The van der Waals surface area contributed by atoms with Gasteiger partial charge in [0.15, 0.2) is 0 Å². The highest BCUT2D eigenvalue weighted by Gasteiger charge is 2.38. The zero-order valence-corrected chi connectivity index (χ0v) is 28.0. The van der Waals surface area contributed by atoms with Crippen LogP contribution in [0.4, 0.5) is 10.5 Å². The number of sulfonamides is 1. The van der Waals surface area contributed by atoms with Crippen LogP contribution in [-0.4, -0.2) is 25.2 Å². The number of nitrogens with zero attached hydrogens (tertiary/aromatic N) is 1. The lowest BCUT2D eigenvalue weighted by Crippen LogP contribution is -2.39. The third kappa shape index (κ3) is 8.41. The number of hydrogen-bond donors (Lipinski definition) is 1. The second kappa shape index (κ2) is 14.4. The number of ether oxygens (including phenoxy) is 1. The van der Waals surface area contributed by atoms with Crippen molar-refractivity contribution in [2.24, 2.45) is 0 Å². The Labute approximate surface area is 259 Å². The van der Waals surface area contributed by atoms with Crippen molar-refractivity contribution in [3.05, 3.63) is 87.5 Å². The first kappa shape index (κ1) is 34.2. The molecule has 1 amide bonds. The zero-order chi connectivity index (χ0) is 31.9. The second-order valence-corrected chi connectivity index (χ2v) is 14.2. The molecule has 0 bridgehead atoms. The molecular formula is C36H49NO5S. The molecule has 0 saturated carbocycles. The van der Waals surface area contributed by atoms with E-state index < -0.39 is 16.1 Å². The first-order valence-corrected chi connectivity index (χ1v) is 16.7. The summed E-state index contributed by atoms with van der Waals surface area (Å²) in [7, 11) is -4.32. The van der Waals surface area contributed by atoms with Crippen LogP contribution in [-0.2, 0) is 16.4 Å². The zero-order valence-electron chi connectivity index (χ0n) is 27.2. The van der Waals surface area contributed by atoms with E-state index in [1.807, 2.05) is 6.92 Å². The van der Waals surface area contributed by atoms with Crippen molar-refractivity contribution in [2.45, 2.75) is 117 Å². The van der Waals surface area contributed by atoms with Crippen LogP contribution < -0.4 is 9.04 Å². The summed E-state index contributed by atoms with van der Waals surface area (Å²) in [5.74, 6) is 0.754. The standard InChI is InChI=1S/C36H49NO5S/c1-25(2)15-12-16-26(3)17-13-18-27(4)19-14-23-36(8)24-22-32-30(7)33(28(5)29(6)34(32)42-36)37(35(38)39)43(40,41)31-20-10-9-11-21-31/h9-11,15,17,19-21H,12-14,16,18,22-24H2,1-8H3,(H,38,39). The van der Waals surface area contributed by atoms with Gasteiger partial charge in [0.25, 0.3) is 10.0 Å². The normalized spacial score (nSPS) is 17.2. The number of rotatable bonds is 12. The fourth-order valence-corrected chi connectivity index (χ4v) is 7.19. The van der Waals surface area contributed by atoms with Gasteiger partial charge in [0, 0.05) is 0 Å². The first-order chi connectivity index (χ1) is 20.2. The molecule has 1 atom stereocenters. The van der Waals surface area contributed by atoms with Crippen molar-refractivity contribution in [3.63, 3.8) is 0 Å². The molecule has 0 aliphatic carbocycles. The lowest BCUT2D eigenvalue weighted by atomic mass is 9.84. The maximum atomic E-state index is 13.5. The number of benzene rings is 2. The fraction of sp³-hybridized carbons (Fsp3) is 0.472. The summed E-state index contributed by atoms with van der Waals surface area (Å²) in [5, 5.41) is 10.1. The van der Waals surface area contributed by atoms with Crippen LogP contribution in [0.15, 0.2) is 70.2 Å². The van der Waals surface area contributed by atoms with Crippen molar-refractivity contribution >= 4 is 21.8 Å². The lowest BCUT2D eigenvalue weighted by molar-refractivity contribution is 0.0560. The van der Waals surface area contributed by atoms with Crippen molar-refractivity contribution in [3.8, 4) is 5.75 Å². The molecule has 2 aromatic rings. The quantitative estimate of drug-likeness (QED) is 0.243. The number of anilines is 1. The minimum atomic E-state index is -4.32. The van der Waals surface area contributed by atoms with E-state index in [1.54, 1.807) is 32.0 Å². The van der Waals surface area contributed by atoms with Crippen LogP contribution >= 0.6 is 0 Å². The van der Waals surface area contributed by atoms with Gasteiger partial charge in [-0.2, -0.15) is 4.31 Å². The molecule has 0 radical (unpaired) electrons. The average molecular weight is 608 g/mol. The SMILES string of the molecule is CC(C)=CCCC(C)=CCCC(C)=CCCC1(C)CCc2c(C)c(N(C(=O)O)S(=O)(=O)c3ccccc3)c(C)c(C)c2O1. The van der Waals surface area contributed by atoms with Gasteiger partial charge in [-0.05, 0) is 141 Å². The smallest absolute Gasteiger partial charge is 0.426 e. The summed E-state index contributed by atoms with van der Waals surface area (Å²) in [5.41, 5.74) is 6.89. The van der Waals surface area contributed by atoms with Gasteiger partial charge in [-0.15, -0.1) is 0 Å². The molecule has 1 heterocycles. The fourth-order valence-electron chi connectivity index (χ4n) is 5.75. The Morgan fingerprint density at radius 3 is 2.07 bits per heavy atom. The minimum Gasteiger partial charge on any atom is -0.487 e. The summed E-state index contributed by atoms with van der Waals surface area (Å²) in [6.45, 7) is 16.3. The van der Waals surface area contributed by atoms with Crippen LogP contribution in [0.25, 0.3) is 0 Å². The van der Waals surface area contributed by atoms with E-state index in [2.05, 4.69) is 52.8 Å². The van der Waals surface area contributed by atoms with Crippen LogP contribution in [0.1, 0.15) is 102 Å². The molecular weight excluding hydrogens is 558 g/mol. The Hall–Kier alpha value is -3.32. The van der Waals surface area contributed by atoms with E-state index in [0.717, 1.165) is 61.8 Å². The molecule has 1 aliphatic rings. The number of allylic oxidation sites excluding steroid dienone is 6. The molecule has 2 aromatic carbocycles. The average Bonchev–Trinajstić information content (AvgIpc) is 2.94. The molecule has 1 aliphatic heterocycles. The van der Waals surface area contributed by atoms with Gasteiger partial charge in [0.2, 0.25) is 0 Å². The summed E-state index contributed by atoms with van der Waals surface area (Å²) < 4.78 is 34.2. The molecule has 7 heteroatoms. The minimum absolute atomic E-state index is 0.0654. The number of carbonyl (C=O) groups is 1. The molecule has 0 aromatic heterocycles. The number of carboxylic acid groups (broad SMARTS) is 1. The summed E-state index contributed by atoms with van der Waals surface area (Å²) >= 11 is 0. The van der Waals surface area contributed by atoms with Gasteiger partial charge in [-0.3, -0.25) is 0 Å². The van der Waals surface area contributed by atoms with Gasteiger partial charge in [-0.1, -0.05) is 53.1 Å². The van der Waals surface area contributed by atoms with Crippen LogP contribution in [0.2, 0.25) is 0 Å². The van der Waals surface area contributed by atoms with Crippen LogP contribution in [0.5, 0.6) is 5.75 Å². The number of fused-ring (bicyclic) bond motifs is 1. The summed E-state index contributed by atoms with van der Waals surface area (Å²) in [4.78, 5) is 12.4. The predicted molar refractivity (Wildman–Crippen MR) is 177 cm³/mol. The molecule has 6 nitrogen and oxygen atoms in total. The van der Waals surface area contributed by atoms with Gasteiger partial charge in [0.05, 0.1) is 10.6 Å². The monoisotopic (exact) mass is 607 g/mol.